The zero-order chi connectivity index (χ0) is 19.5. The van der Waals surface area contributed by atoms with Crippen LogP contribution in [0.15, 0.2) is 47.4 Å². The second kappa shape index (κ2) is 8.24. The molecule has 0 aromatic heterocycles. The number of esters is 1. The summed E-state index contributed by atoms with van der Waals surface area (Å²) in [6.45, 7) is 2.67. The summed E-state index contributed by atoms with van der Waals surface area (Å²) in [6, 6.07) is 8.63. The first-order valence-electron chi connectivity index (χ1n) is 7.54. The number of nitrogens with zero attached hydrogens (tertiary/aromatic N) is 1. The van der Waals surface area contributed by atoms with Crippen molar-refractivity contribution in [1.29, 1.82) is 0 Å². The molecule has 0 fully saturated rings. The fourth-order valence-corrected chi connectivity index (χ4v) is 4.00. The summed E-state index contributed by atoms with van der Waals surface area (Å²) in [6.07, 6.45) is -0.423. The van der Waals surface area contributed by atoms with Crippen molar-refractivity contribution in [2.24, 2.45) is 0 Å². The van der Waals surface area contributed by atoms with Gasteiger partial charge in [0, 0.05) is 0 Å². The van der Waals surface area contributed by atoms with Gasteiger partial charge in [-0.25, -0.2) is 12.8 Å². The number of sulfonamides is 1. The molecule has 0 saturated carbocycles. The molecule has 0 unspecified atom stereocenters. The Kier molecular flexibility index (Phi) is 6.49. The van der Waals surface area contributed by atoms with Gasteiger partial charge in [-0.15, -0.1) is 0 Å². The third-order valence-electron chi connectivity index (χ3n) is 3.24. The molecule has 0 radical (unpaired) electrons. The maximum atomic E-state index is 13.1. The molecule has 0 N–H and O–H groups in total. The molecule has 0 aliphatic carbocycles. The molecular weight excluding hydrogens is 404 g/mol. The van der Waals surface area contributed by atoms with E-state index in [1.165, 1.54) is 18.2 Å². The minimum absolute atomic E-state index is 0.0178. The number of rotatable bonds is 6. The van der Waals surface area contributed by atoms with Gasteiger partial charge in [0.15, 0.2) is 0 Å². The van der Waals surface area contributed by atoms with Crippen molar-refractivity contribution in [1.82, 2.24) is 0 Å². The van der Waals surface area contributed by atoms with Gasteiger partial charge in [-0.05, 0) is 50.2 Å². The number of anilines is 1. The lowest BCUT2D eigenvalue weighted by Gasteiger charge is -2.25. The molecule has 26 heavy (non-hydrogen) atoms. The molecule has 0 spiro atoms. The molecule has 140 valence electrons. The van der Waals surface area contributed by atoms with E-state index in [2.05, 4.69) is 0 Å². The number of hydrogen-bond donors (Lipinski definition) is 0. The van der Waals surface area contributed by atoms with Crippen molar-refractivity contribution < 1.29 is 22.3 Å². The molecule has 0 saturated heterocycles. The van der Waals surface area contributed by atoms with Crippen molar-refractivity contribution in [3.05, 3.63) is 58.3 Å². The predicted molar refractivity (Wildman–Crippen MR) is 98.6 cm³/mol. The SMILES string of the molecule is CC(C)OC(=O)CN(c1cccc(Cl)c1Cl)S(=O)(=O)c1ccc(F)cc1. The van der Waals surface area contributed by atoms with E-state index in [9.17, 15) is 17.6 Å². The topological polar surface area (TPSA) is 63.7 Å². The quantitative estimate of drug-likeness (QED) is 0.655. The molecule has 2 rings (SSSR count). The molecule has 2 aromatic carbocycles. The molecule has 0 heterocycles. The molecule has 0 bridgehead atoms. The molecule has 0 amide bonds. The Hall–Kier alpha value is -1.83. The lowest BCUT2D eigenvalue weighted by Crippen LogP contribution is -2.37. The zero-order valence-corrected chi connectivity index (χ0v) is 16.3. The van der Waals surface area contributed by atoms with Crippen molar-refractivity contribution in [2.75, 3.05) is 10.8 Å². The number of halogens is 3. The second-order valence-corrected chi connectivity index (χ2v) is 8.22. The Labute approximate surface area is 161 Å². The fraction of sp³-hybridized carbons (Fsp3) is 0.235. The van der Waals surface area contributed by atoms with Crippen LogP contribution in [0.25, 0.3) is 0 Å². The molecule has 2 aromatic rings. The summed E-state index contributed by atoms with van der Waals surface area (Å²) in [5.74, 6) is -1.35. The van der Waals surface area contributed by atoms with Crippen LogP contribution in [0.2, 0.25) is 10.0 Å². The van der Waals surface area contributed by atoms with E-state index in [0.717, 1.165) is 28.6 Å². The standard InChI is InChI=1S/C17H16Cl2FNO4S/c1-11(2)25-16(22)10-21(15-5-3-4-14(18)17(15)19)26(23,24)13-8-6-12(20)7-9-13/h3-9,11H,10H2,1-2H3. The Bertz CT molecular complexity index is 901. The van der Waals surface area contributed by atoms with Crippen LogP contribution in [0.1, 0.15) is 13.8 Å². The van der Waals surface area contributed by atoms with E-state index in [1.54, 1.807) is 13.8 Å². The Balaban J connectivity index is 2.54. The highest BCUT2D eigenvalue weighted by Crippen LogP contribution is 2.35. The highest BCUT2D eigenvalue weighted by atomic mass is 35.5. The van der Waals surface area contributed by atoms with Gasteiger partial charge < -0.3 is 4.74 Å². The number of carbonyl (C=O) groups is 1. The third-order valence-corrected chi connectivity index (χ3v) is 5.82. The van der Waals surface area contributed by atoms with Crippen LogP contribution in [0.5, 0.6) is 0 Å². The molecule has 9 heteroatoms. The minimum atomic E-state index is -4.22. The summed E-state index contributed by atoms with van der Waals surface area (Å²) in [5.41, 5.74) is 0.0178. The molecule has 0 aliphatic rings. The highest BCUT2D eigenvalue weighted by molar-refractivity contribution is 7.92. The van der Waals surface area contributed by atoms with Crippen LogP contribution in [-0.4, -0.2) is 27.0 Å². The Morgan fingerprint density at radius 1 is 1.15 bits per heavy atom. The zero-order valence-electron chi connectivity index (χ0n) is 13.9. The summed E-state index contributed by atoms with van der Waals surface area (Å²) in [5, 5.41) is 0.0953. The maximum absolute atomic E-state index is 13.1. The summed E-state index contributed by atoms with van der Waals surface area (Å²) in [7, 11) is -4.22. The van der Waals surface area contributed by atoms with E-state index < -0.39 is 34.5 Å². The average Bonchev–Trinajstić information content (AvgIpc) is 2.55. The number of hydrogen-bond acceptors (Lipinski definition) is 4. The average molecular weight is 420 g/mol. The van der Waals surface area contributed by atoms with Gasteiger partial charge >= 0.3 is 5.97 Å². The van der Waals surface area contributed by atoms with Gasteiger partial charge in [-0.1, -0.05) is 29.3 Å². The van der Waals surface area contributed by atoms with E-state index >= 15 is 0 Å². The molecule has 5 nitrogen and oxygen atoms in total. The van der Waals surface area contributed by atoms with Gasteiger partial charge in [-0.3, -0.25) is 9.10 Å². The summed E-state index contributed by atoms with van der Waals surface area (Å²) >= 11 is 12.1. The predicted octanol–water partition coefficient (Wildman–Crippen LogP) is 4.28. The van der Waals surface area contributed by atoms with E-state index in [4.69, 9.17) is 27.9 Å². The largest absolute Gasteiger partial charge is 0.462 e. The van der Waals surface area contributed by atoms with Crippen LogP contribution >= 0.6 is 23.2 Å². The van der Waals surface area contributed by atoms with Crippen LogP contribution in [0.4, 0.5) is 10.1 Å². The number of ether oxygens (including phenoxy) is 1. The van der Waals surface area contributed by atoms with Gasteiger partial charge in [-0.2, -0.15) is 0 Å². The van der Waals surface area contributed by atoms with E-state index in [1.807, 2.05) is 0 Å². The van der Waals surface area contributed by atoms with E-state index in [-0.39, 0.29) is 20.6 Å². The van der Waals surface area contributed by atoms with Crippen LogP contribution in [-0.2, 0) is 19.6 Å². The molecule has 0 atom stereocenters. The maximum Gasteiger partial charge on any atom is 0.327 e. The van der Waals surface area contributed by atoms with Crippen LogP contribution in [0, 0.1) is 5.82 Å². The van der Waals surface area contributed by atoms with Gasteiger partial charge in [0.25, 0.3) is 10.0 Å². The monoisotopic (exact) mass is 419 g/mol. The smallest absolute Gasteiger partial charge is 0.327 e. The number of carbonyl (C=O) groups excluding carboxylic acids is 1. The number of benzene rings is 2. The van der Waals surface area contributed by atoms with Crippen molar-refractivity contribution in [2.45, 2.75) is 24.8 Å². The first kappa shape index (κ1) is 20.5. The second-order valence-electron chi connectivity index (χ2n) is 5.58. The minimum Gasteiger partial charge on any atom is -0.462 e. The first-order chi connectivity index (χ1) is 12.1. The van der Waals surface area contributed by atoms with Gasteiger partial charge in [0.1, 0.15) is 12.4 Å². The lowest BCUT2D eigenvalue weighted by atomic mass is 10.3. The summed E-state index contributed by atoms with van der Waals surface area (Å²) < 4.78 is 45.0. The van der Waals surface area contributed by atoms with Gasteiger partial charge in [0.2, 0.25) is 0 Å². The van der Waals surface area contributed by atoms with Gasteiger partial charge in [0.05, 0.1) is 26.7 Å². The van der Waals surface area contributed by atoms with E-state index in [0.29, 0.717) is 0 Å². The highest BCUT2D eigenvalue weighted by Gasteiger charge is 2.30. The van der Waals surface area contributed by atoms with Crippen LogP contribution < -0.4 is 4.31 Å². The van der Waals surface area contributed by atoms with Crippen molar-refractivity contribution in [3.8, 4) is 0 Å². The lowest BCUT2D eigenvalue weighted by molar-refractivity contribution is -0.145. The van der Waals surface area contributed by atoms with Crippen molar-refractivity contribution >= 4 is 44.9 Å². The van der Waals surface area contributed by atoms with Crippen LogP contribution in [0.3, 0.4) is 0 Å². The summed E-state index contributed by atoms with van der Waals surface area (Å²) in [4.78, 5) is 11.9. The Morgan fingerprint density at radius 3 is 2.35 bits per heavy atom. The third kappa shape index (κ3) is 4.66. The molecule has 0 aliphatic heterocycles. The fourth-order valence-electron chi connectivity index (χ4n) is 2.14. The normalized spacial score (nSPS) is 11.5. The first-order valence-corrected chi connectivity index (χ1v) is 9.74. The molecular formula is C17H16Cl2FNO4S. The Morgan fingerprint density at radius 2 is 1.77 bits per heavy atom. The van der Waals surface area contributed by atoms with Crippen molar-refractivity contribution in [3.63, 3.8) is 0 Å².